The lowest BCUT2D eigenvalue weighted by atomic mass is 10.1. The van der Waals surface area contributed by atoms with Gasteiger partial charge >= 0.3 is 0 Å². The van der Waals surface area contributed by atoms with E-state index in [1.165, 1.54) is 22.6 Å². The molecule has 0 aliphatic carbocycles. The highest BCUT2D eigenvalue weighted by molar-refractivity contribution is 9.09. The SMILES string of the molecule is COc1ccc(C(Br)/C=C/c2ccc(F)cc2)c(SC)c1. The third kappa shape index (κ3) is 4.35. The smallest absolute Gasteiger partial charge is 0.123 e. The molecule has 110 valence electrons. The van der Waals surface area contributed by atoms with Gasteiger partial charge in [0.1, 0.15) is 11.6 Å². The van der Waals surface area contributed by atoms with E-state index in [0.29, 0.717) is 0 Å². The van der Waals surface area contributed by atoms with Crippen LogP contribution in [0, 0.1) is 5.82 Å². The molecule has 0 fully saturated rings. The number of halogens is 2. The third-order valence-electron chi connectivity index (χ3n) is 3.07. The maximum atomic E-state index is 12.9. The molecule has 2 rings (SSSR count). The van der Waals surface area contributed by atoms with E-state index in [1.807, 2.05) is 24.5 Å². The fourth-order valence-corrected chi connectivity index (χ4v) is 3.29. The second-order valence-corrected chi connectivity index (χ2v) is 6.25. The molecule has 0 saturated carbocycles. The summed E-state index contributed by atoms with van der Waals surface area (Å²) in [6, 6.07) is 12.5. The average Bonchev–Trinajstić information content (AvgIpc) is 2.53. The number of thioether (sulfide) groups is 1. The lowest BCUT2D eigenvalue weighted by Crippen LogP contribution is -1.91. The molecule has 21 heavy (non-hydrogen) atoms. The summed E-state index contributed by atoms with van der Waals surface area (Å²) in [6.45, 7) is 0. The Labute approximate surface area is 137 Å². The molecule has 2 aromatic rings. The van der Waals surface area contributed by atoms with E-state index >= 15 is 0 Å². The van der Waals surface area contributed by atoms with Gasteiger partial charge in [0, 0.05) is 4.90 Å². The van der Waals surface area contributed by atoms with Crippen LogP contribution >= 0.6 is 27.7 Å². The van der Waals surface area contributed by atoms with Gasteiger partial charge in [0.2, 0.25) is 0 Å². The lowest BCUT2D eigenvalue weighted by molar-refractivity contribution is 0.413. The normalized spacial score (nSPS) is 12.6. The summed E-state index contributed by atoms with van der Waals surface area (Å²) < 4.78 is 18.1. The van der Waals surface area contributed by atoms with E-state index in [0.717, 1.165) is 11.3 Å². The Morgan fingerprint density at radius 3 is 2.52 bits per heavy atom. The number of ether oxygens (including phenoxy) is 1. The molecule has 0 bridgehead atoms. The molecule has 0 aromatic heterocycles. The first kappa shape index (κ1) is 16.1. The van der Waals surface area contributed by atoms with Crippen molar-refractivity contribution in [3.63, 3.8) is 0 Å². The molecule has 0 aliphatic rings. The summed E-state index contributed by atoms with van der Waals surface area (Å²) in [5.74, 6) is 0.632. The van der Waals surface area contributed by atoms with Crippen molar-refractivity contribution < 1.29 is 9.13 Å². The van der Waals surface area contributed by atoms with Crippen molar-refractivity contribution in [3.8, 4) is 5.75 Å². The number of hydrogen-bond acceptors (Lipinski definition) is 2. The Morgan fingerprint density at radius 1 is 1.19 bits per heavy atom. The number of hydrogen-bond donors (Lipinski definition) is 0. The first-order valence-corrected chi connectivity index (χ1v) is 8.58. The zero-order valence-corrected chi connectivity index (χ0v) is 14.2. The number of methoxy groups -OCH3 is 1. The Bertz CT molecular complexity index is 625. The molecular weight excluding hydrogens is 351 g/mol. The Morgan fingerprint density at radius 2 is 1.90 bits per heavy atom. The standard InChI is InChI=1S/C17H16BrFOS/c1-20-14-8-9-15(17(11-14)21-2)16(18)10-5-12-3-6-13(19)7-4-12/h3-11,16H,1-2H3/b10-5+. The van der Waals surface area contributed by atoms with E-state index in [2.05, 4.69) is 28.1 Å². The van der Waals surface area contributed by atoms with Crippen LogP contribution in [0.4, 0.5) is 4.39 Å². The topological polar surface area (TPSA) is 9.23 Å². The van der Waals surface area contributed by atoms with Gasteiger partial charge in [-0.2, -0.15) is 0 Å². The summed E-state index contributed by atoms with van der Waals surface area (Å²) in [5, 5.41) is 0. The van der Waals surface area contributed by atoms with E-state index in [4.69, 9.17) is 4.74 Å². The highest BCUT2D eigenvalue weighted by Crippen LogP contribution is 2.35. The van der Waals surface area contributed by atoms with Gasteiger partial charge in [0.15, 0.2) is 0 Å². The predicted octanol–water partition coefficient (Wildman–Crippen LogP) is 5.71. The maximum Gasteiger partial charge on any atom is 0.123 e. The second-order valence-electron chi connectivity index (χ2n) is 4.42. The zero-order chi connectivity index (χ0) is 15.2. The van der Waals surface area contributed by atoms with Crippen molar-refractivity contribution in [1.82, 2.24) is 0 Å². The molecule has 0 saturated heterocycles. The summed E-state index contributed by atoms with van der Waals surface area (Å²) in [4.78, 5) is 1.26. The van der Waals surface area contributed by atoms with E-state index in [1.54, 1.807) is 31.0 Å². The summed E-state index contributed by atoms with van der Waals surface area (Å²) >= 11 is 5.36. The van der Waals surface area contributed by atoms with Gasteiger partial charge in [-0.3, -0.25) is 0 Å². The highest BCUT2D eigenvalue weighted by atomic mass is 79.9. The van der Waals surface area contributed by atoms with Crippen molar-refractivity contribution in [1.29, 1.82) is 0 Å². The molecule has 0 heterocycles. The molecule has 0 N–H and O–H groups in total. The van der Waals surface area contributed by atoms with E-state index < -0.39 is 0 Å². The zero-order valence-electron chi connectivity index (χ0n) is 11.8. The number of allylic oxidation sites excluding steroid dienone is 1. The molecule has 1 atom stereocenters. The second kappa shape index (κ2) is 7.66. The van der Waals surface area contributed by atoms with Crippen LogP contribution in [0.15, 0.2) is 53.4 Å². The molecule has 0 radical (unpaired) electrons. The minimum atomic E-state index is -0.220. The van der Waals surface area contributed by atoms with Crippen LogP contribution in [0.1, 0.15) is 16.0 Å². The van der Waals surface area contributed by atoms with Crippen LogP contribution < -0.4 is 4.74 Å². The van der Waals surface area contributed by atoms with Gasteiger partial charge in [0.25, 0.3) is 0 Å². The fourth-order valence-electron chi connectivity index (χ4n) is 1.92. The third-order valence-corrected chi connectivity index (χ3v) is 4.66. The first-order chi connectivity index (χ1) is 10.1. The molecular formula is C17H16BrFOS. The van der Waals surface area contributed by atoms with Gasteiger partial charge < -0.3 is 4.74 Å². The van der Waals surface area contributed by atoms with Crippen LogP contribution in [-0.4, -0.2) is 13.4 Å². The van der Waals surface area contributed by atoms with Crippen molar-refractivity contribution in [2.45, 2.75) is 9.72 Å². The molecule has 4 heteroatoms. The Hall–Kier alpha value is -1.26. The number of rotatable bonds is 5. The fraction of sp³-hybridized carbons (Fsp3) is 0.176. The van der Waals surface area contributed by atoms with Crippen molar-refractivity contribution in [2.24, 2.45) is 0 Å². The Balaban J connectivity index is 2.19. The molecule has 0 amide bonds. The molecule has 2 aromatic carbocycles. The van der Waals surface area contributed by atoms with Crippen LogP contribution in [-0.2, 0) is 0 Å². The van der Waals surface area contributed by atoms with Gasteiger partial charge in [-0.25, -0.2) is 4.39 Å². The van der Waals surface area contributed by atoms with Gasteiger partial charge in [-0.15, -0.1) is 11.8 Å². The lowest BCUT2D eigenvalue weighted by Gasteiger charge is -2.12. The molecule has 1 unspecified atom stereocenters. The average molecular weight is 367 g/mol. The summed E-state index contributed by atoms with van der Waals surface area (Å²) in [7, 11) is 1.67. The van der Waals surface area contributed by atoms with Gasteiger partial charge in [-0.1, -0.05) is 46.3 Å². The van der Waals surface area contributed by atoms with Crippen molar-refractivity contribution in [3.05, 3.63) is 65.5 Å². The van der Waals surface area contributed by atoms with Crippen molar-refractivity contribution in [2.75, 3.05) is 13.4 Å². The minimum absolute atomic E-state index is 0.0934. The minimum Gasteiger partial charge on any atom is -0.497 e. The largest absolute Gasteiger partial charge is 0.497 e. The first-order valence-electron chi connectivity index (χ1n) is 6.44. The van der Waals surface area contributed by atoms with E-state index in [9.17, 15) is 4.39 Å². The number of alkyl halides is 1. The van der Waals surface area contributed by atoms with Gasteiger partial charge in [0.05, 0.1) is 11.9 Å². The van der Waals surface area contributed by atoms with E-state index in [-0.39, 0.29) is 10.6 Å². The van der Waals surface area contributed by atoms with Crippen LogP contribution in [0.2, 0.25) is 0 Å². The van der Waals surface area contributed by atoms with Crippen molar-refractivity contribution >= 4 is 33.8 Å². The number of benzene rings is 2. The highest BCUT2D eigenvalue weighted by Gasteiger charge is 2.10. The van der Waals surface area contributed by atoms with Crippen LogP contribution in [0.25, 0.3) is 6.08 Å². The van der Waals surface area contributed by atoms with Gasteiger partial charge in [-0.05, 0) is 41.6 Å². The molecule has 0 spiro atoms. The molecule has 1 nitrogen and oxygen atoms in total. The summed E-state index contributed by atoms with van der Waals surface area (Å²) in [6.07, 6.45) is 6.07. The summed E-state index contributed by atoms with van der Waals surface area (Å²) in [5.41, 5.74) is 2.15. The van der Waals surface area contributed by atoms with Crippen LogP contribution in [0.5, 0.6) is 5.75 Å². The Kier molecular flexibility index (Phi) is 5.88. The molecule has 0 aliphatic heterocycles. The van der Waals surface area contributed by atoms with Crippen LogP contribution in [0.3, 0.4) is 0 Å². The monoisotopic (exact) mass is 366 g/mol. The predicted molar refractivity (Wildman–Crippen MR) is 91.9 cm³/mol. The quantitative estimate of drug-likeness (QED) is 0.495. The maximum absolute atomic E-state index is 12.9.